The fourth-order valence-electron chi connectivity index (χ4n) is 3.21. The van der Waals surface area contributed by atoms with Gasteiger partial charge in [0, 0.05) is 5.92 Å². The topological polar surface area (TPSA) is 75.6 Å². The third kappa shape index (κ3) is 4.05. The van der Waals surface area contributed by atoms with E-state index in [-0.39, 0.29) is 12.5 Å². The van der Waals surface area contributed by atoms with Gasteiger partial charge in [-0.3, -0.25) is 4.79 Å². The van der Waals surface area contributed by atoms with Crippen molar-refractivity contribution in [2.45, 2.75) is 24.6 Å². The van der Waals surface area contributed by atoms with Crippen molar-refractivity contribution in [3.8, 4) is 11.1 Å². The smallest absolute Gasteiger partial charge is 0.409 e. The van der Waals surface area contributed by atoms with Gasteiger partial charge >= 0.3 is 18.2 Å². The lowest BCUT2D eigenvalue weighted by Gasteiger charge is -2.20. The summed E-state index contributed by atoms with van der Waals surface area (Å²) in [5.41, 5.74) is 3.82. The molecule has 0 spiro atoms. The molecule has 2 aromatic rings. The van der Waals surface area contributed by atoms with Crippen LogP contribution >= 0.6 is 0 Å². The van der Waals surface area contributed by atoms with E-state index in [0.29, 0.717) is 0 Å². The van der Waals surface area contributed by atoms with Gasteiger partial charge in [-0.1, -0.05) is 48.5 Å². The van der Waals surface area contributed by atoms with E-state index in [2.05, 4.69) is 0 Å². The molecule has 5 nitrogen and oxygen atoms in total. The molecular weight excluding hydrogens is 363 g/mol. The molecule has 1 amide bonds. The van der Waals surface area contributed by atoms with Crippen molar-refractivity contribution in [3.63, 3.8) is 0 Å². The Balaban J connectivity index is 1.71. The molecule has 0 unspecified atom stereocenters. The molecule has 0 saturated carbocycles. The minimum Gasteiger partial charge on any atom is -0.481 e. The van der Waals surface area contributed by atoms with Crippen molar-refractivity contribution in [1.82, 2.24) is 5.32 Å². The predicted molar refractivity (Wildman–Crippen MR) is 90.3 cm³/mol. The molecule has 142 valence electrons. The number of rotatable bonds is 5. The summed E-state index contributed by atoms with van der Waals surface area (Å²) in [6, 6.07) is 12.5. The van der Waals surface area contributed by atoms with Crippen molar-refractivity contribution in [2.75, 3.05) is 6.61 Å². The second-order valence-electron chi connectivity index (χ2n) is 6.16. The molecular formula is C19H16F3NO4. The van der Waals surface area contributed by atoms with Crippen LogP contribution in [0, 0.1) is 0 Å². The number of amides is 1. The quantitative estimate of drug-likeness (QED) is 0.825. The molecule has 0 heterocycles. The number of alkyl carbamates (subject to hydrolysis) is 1. The number of hydrogen-bond acceptors (Lipinski definition) is 3. The van der Waals surface area contributed by atoms with Gasteiger partial charge in [0.25, 0.3) is 0 Å². The van der Waals surface area contributed by atoms with Crippen LogP contribution in [-0.4, -0.2) is 36.0 Å². The lowest BCUT2D eigenvalue weighted by Crippen LogP contribution is -2.47. The Hall–Kier alpha value is -3.03. The summed E-state index contributed by atoms with van der Waals surface area (Å²) < 4.78 is 43.5. The number of carboxylic acids is 1. The number of carbonyl (C=O) groups is 2. The highest BCUT2D eigenvalue weighted by Crippen LogP contribution is 2.44. The first kappa shape index (κ1) is 18.8. The Labute approximate surface area is 152 Å². The molecule has 1 aliphatic rings. The minimum absolute atomic E-state index is 0.155. The number of benzene rings is 2. The van der Waals surface area contributed by atoms with E-state index >= 15 is 0 Å². The molecule has 3 rings (SSSR count). The molecule has 0 saturated heterocycles. The third-order valence-corrected chi connectivity index (χ3v) is 4.41. The average Bonchev–Trinajstić information content (AvgIpc) is 2.92. The number of fused-ring (bicyclic) bond motifs is 3. The van der Waals surface area contributed by atoms with Gasteiger partial charge in [0.1, 0.15) is 12.6 Å². The summed E-state index contributed by atoms with van der Waals surface area (Å²) in [7, 11) is 0. The Morgan fingerprint density at radius 3 is 2.04 bits per heavy atom. The molecule has 2 aromatic carbocycles. The molecule has 1 atom stereocenters. The van der Waals surface area contributed by atoms with Crippen molar-refractivity contribution in [2.24, 2.45) is 0 Å². The van der Waals surface area contributed by atoms with Gasteiger partial charge in [0.15, 0.2) is 0 Å². The van der Waals surface area contributed by atoms with E-state index in [9.17, 15) is 22.8 Å². The van der Waals surface area contributed by atoms with Crippen LogP contribution in [0.1, 0.15) is 23.5 Å². The predicted octanol–water partition coefficient (Wildman–Crippen LogP) is 3.93. The highest BCUT2D eigenvalue weighted by molar-refractivity contribution is 5.79. The van der Waals surface area contributed by atoms with Gasteiger partial charge in [-0.2, -0.15) is 13.2 Å². The number of carbonyl (C=O) groups excluding carboxylic acids is 1. The number of hydrogen-bond donors (Lipinski definition) is 2. The summed E-state index contributed by atoms with van der Waals surface area (Å²) in [5.74, 6) is -1.97. The molecule has 0 fully saturated rings. The molecule has 2 N–H and O–H groups in total. The fraction of sp³-hybridized carbons (Fsp3) is 0.263. The Bertz CT molecular complexity index is 821. The highest BCUT2D eigenvalue weighted by atomic mass is 19.4. The second-order valence-corrected chi connectivity index (χ2v) is 6.16. The molecule has 0 radical (unpaired) electrons. The maximum atomic E-state index is 12.8. The first-order chi connectivity index (χ1) is 12.8. The molecule has 0 aromatic heterocycles. The zero-order valence-corrected chi connectivity index (χ0v) is 14.0. The Kier molecular flexibility index (Phi) is 5.07. The maximum absolute atomic E-state index is 12.8. The third-order valence-electron chi connectivity index (χ3n) is 4.41. The van der Waals surface area contributed by atoms with Crippen molar-refractivity contribution in [1.29, 1.82) is 0 Å². The number of nitrogens with one attached hydrogen (secondary N) is 1. The zero-order valence-electron chi connectivity index (χ0n) is 14.0. The van der Waals surface area contributed by atoms with Crippen LogP contribution in [-0.2, 0) is 9.53 Å². The van der Waals surface area contributed by atoms with Crippen LogP contribution in [0.2, 0.25) is 0 Å². The van der Waals surface area contributed by atoms with E-state index in [1.165, 1.54) is 0 Å². The average molecular weight is 379 g/mol. The first-order valence-corrected chi connectivity index (χ1v) is 8.17. The van der Waals surface area contributed by atoms with Gasteiger partial charge in [0.2, 0.25) is 0 Å². The Morgan fingerprint density at radius 1 is 1.04 bits per heavy atom. The molecule has 27 heavy (non-hydrogen) atoms. The number of ether oxygens (including phenoxy) is 1. The van der Waals surface area contributed by atoms with Gasteiger partial charge in [-0.25, -0.2) is 4.79 Å². The SMILES string of the molecule is O=C(O)C[C@@H](NC(=O)OCC1c2ccccc2-c2ccccc21)C(F)(F)F. The minimum atomic E-state index is -4.88. The summed E-state index contributed by atoms with van der Waals surface area (Å²) in [6.45, 7) is -0.155. The van der Waals surface area contributed by atoms with Crippen LogP contribution in [0.15, 0.2) is 48.5 Å². The summed E-state index contributed by atoms with van der Waals surface area (Å²) in [5, 5.41) is 10.2. The Morgan fingerprint density at radius 2 is 1.56 bits per heavy atom. The van der Waals surface area contributed by atoms with Gasteiger partial charge in [-0.15, -0.1) is 0 Å². The van der Waals surface area contributed by atoms with Crippen molar-refractivity contribution in [3.05, 3.63) is 59.7 Å². The van der Waals surface area contributed by atoms with E-state index in [0.717, 1.165) is 22.3 Å². The van der Waals surface area contributed by atoms with Crippen LogP contribution in [0.25, 0.3) is 11.1 Å². The van der Waals surface area contributed by atoms with Crippen molar-refractivity contribution >= 4 is 12.1 Å². The van der Waals surface area contributed by atoms with Crippen LogP contribution in [0.4, 0.5) is 18.0 Å². The van der Waals surface area contributed by atoms with Crippen molar-refractivity contribution < 1.29 is 32.6 Å². The van der Waals surface area contributed by atoms with Gasteiger partial charge in [0.05, 0.1) is 6.42 Å². The van der Waals surface area contributed by atoms with E-state index in [1.54, 1.807) is 5.32 Å². The lowest BCUT2D eigenvalue weighted by atomic mass is 9.98. The standard InChI is InChI=1S/C19H16F3NO4/c20-19(21,22)16(9-17(24)25)23-18(26)27-10-15-13-7-3-1-5-11(13)12-6-2-4-8-14(12)15/h1-8,15-16H,9-10H2,(H,23,26)(H,24,25)/t16-/m1/s1. The first-order valence-electron chi connectivity index (χ1n) is 8.17. The molecule has 1 aliphatic carbocycles. The normalized spacial score (nSPS) is 14.2. The number of carboxylic acid groups (broad SMARTS) is 1. The lowest BCUT2D eigenvalue weighted by molar-refractivity contribution is -0.165. The van der Waals surface area contributed by atoms with Crippen LogP contribution < -0.4 is 5.32 Å². The molecule has 0 aliphatic heterocycles. The summed E-state index contributed by atoms with van der Waals surface area (Å²) >= 11 is 0. The largest absolute Gasteiger partial charge is 0.481 e. The molecule has 0 bridgehead atoms. The number of halogens is 3. The van der Waals surface area contributed by atoms with E-state index < -0.39 is 30.7 Å². The highest BCUT2D eigenvalue weighted by Gasteiger charge is 2.42. The van der Waals surface area contributed by atoms with Gasteiger partial charge in [-0.05, 0) is 22.3 Å². The van der Waals surface area contributed by atoms with E-state index in [1.807, 2.05) is 48.5 Å². The second kappa shape index (κ2) is 7.30. The van der Waals surface area contributed by atoms with Crippen LogP contribution in [0.3, 0.4) is 0 Å². The number of aliphatic carboxylic acids is 1. The monoisotopic (exact) mass is 379 g/mol. The summed E-state index contributed by atoms with van der Waals surface area (Å²) in [4.78, 5) is 22.4. The van der Waals surface area contributed by atoms with Gasteiger partial charge < -0.3 is 15.2 Å². The fourth-order valence-corrected chi connectivity index (χ4v) is 3.21. The van der Waals surface area contributed by atoms with Crippen LogP contribution in [0.5, 0.6) is 0 Å². The molecule has 8 heteroatoms. The summed E-state index contributed by atoms with van der Waals surface area (Å²) in [6.07, 6.45) is -7.46. The zero-order chi connectivity index (χ0) is 19.6. The number of alkyl halides is 3. The maximum Gasteiger partial charge on any atom is 0.409 e. The van der Waals surface area contributed by atoms with E-state index in [4.69, 9.17) is 9.84 Å².